The second kappa shape index (κ2) is 4.66. The van der Waals surface area contributed by atoms with Crippen molar-refractivity contribution in [3.63, 3.8) is 0 Å². The van der Waals surface area contributed by atoms with Gasteiger partial charge in [0.2, 0.25) is 0 Å². The minimum Gasteiger partial charge on any atom is -0.497 e. The molecule has 2 rings (SSSR count). The Balaban J connectivity index is 2.03. The molecule has 1 fully saturated rings. The maximum atomic E-state index is 11.9. The molecule has 1 aliphatic rings. The van der Waals surface area contributed by atoms with E-state index in [9.17, 15) is 4.79 Å². The van der Waals surface area contributed by atoms with Gasteiger partial charge in [-0.2, -0.15) is 0 Å². The summed E-state index contributed by atoms with van der Waals surface area (Å²) in [6.45, 7) is 2.38. The van der Waals surface area contributed by atoms with E-state index in [-0.39, 0.29) is 5.78 Å². The maximum Gasteiger partial charge on any atom is 0.176 e. The maximum absolute atomic E-state index is 11.9. The third-order valence-corrected chi connectivity index (χ3v) is 2.86. The highest BCUT2D eigenvalue weighted by Crippen LogP contribution is 2.20. The molecule has 1 aliphatic carbocycles. The number of rotatable bonds is 5. The SMILES string of the molecule is COc1ccc(C(=O)CNC2CC2)c(C)c1. The second-order valence-electron chi connectivity index (χ2n) is 4.26. The van der Waals surface area contributed by atoms with Crippen molar-refractivity contribution in [3.8, 4) is 5.75 Å². The predicted molar refractivity (Wildman–Crippen MR) is 63.1 cm³/mol. The number of ketones is 1. The first-order chi connectivity index (χ1) is 7.70. The first-order valence-corrected chi connectivity index (χ1v) is 5.62. The van der Waals surface area contributed by atoms with Crippen LogP contribution in [-0.4, -0.2) is 25.5 Å². The van der Waals surface area contributed by atoms with Gasteiger partial charge in [0.1, 0.15) is 5.75 Å². The molecule has 3 heteroatoms. The van der Waals surface area contributed by atoms with Crippen LogP contribution in [0, 0.1) is 6.92 Å². The molecule has 0 atom stereocenters. The van der Waals surface area contributed by atoms with Crippen molar-refractivity contribution >= 4 is 5.78 Å². The van der Waals surface area contributed by atoms with E-state index in [0.717, 1.165) is 16.9 Å². The fourth-order valence-electron chi connectivity index (χ4n) is 1.70. The number of ether oxygens (including phenoxy) is 1. The average molecular weight is 219 g/mol. The van der Waals surface area contributed by atoms with E-state index in [0.29, 0.717) is 12.6 Å². The molecule has 3 nitrogen and oxygen atoms in total. The Labute approximate surface area is 95.8 Å². The molecule has 1 saturated carbocycles. The number of aryl methyl sites for hydroxylation is 1. The van der Waals surface area contributed by atoms with E-state index in [2.05, 4.69) is 5.32 Å². The van der Waals surface area contributed by atoms with Gasteiger partial charge in [-0.05, 0) is 43.5 Å². The summed E-state index contributed by atoms with van der Waals surface area (Å²) in [5, 5.41) is 3.23. The highest BCUT2D eigenvalue weighted by atomic mass is 16.5. The number of benzene rings is 1. The van der Waals surface area contributed by atoms with E-state index >= 15 is 0 Å². The van der Waals surface area contributed by atoms with Crippen molar-refractivity contribution in [1.82, 2.24) is 5.32 Å². The van der Waals surface area contributed by atoms with Crippen LogP contribution in [0.15, 0.2) is 18.2 Å². The summed E-state index contributed by atoms with van der Waals surface area (Å²) in [6, 6.07) is 6.13. The Morgan fingerprint density at radius 2 is 2.25 bits per heavy atom. The van der Waals surface area contributed by atoms with Crippen molar-refractivity contribution in [2.24, 2.45) is 0 Å². The fourth-order valence-corrected chi connectivity index (χ4v) is 1.70. The number of Topliss-reactive ketones (excluding diaryl/α,β-unsaturated/α-hetero) is 1. The third kappa shape index (κ3) is 2.61. The van der Waals surface area contributed by atoms with Crippen LogP contribution in [0.1, 0.15) is 28.8 Å². The third-order valence-electron chi connectivity index (χ3n) is 2.86. The molecule has 0 bridgehead atoms. The van der Waals surface area contributed by atoms with Crippen LogP contribution < -0.4 is 10.1 Å². The Morgan fingerprint density at radius 3 is 2.81 bits per heavy atom. The van der Waals surface area contributed by atoms with Crippen molar-refractivity contribution in [2.45, 2.75) is 25.8 Å². The molecule has 0 amide bonds. The summed E-state index contributed by atoms with van der Waals surface area (Å²) in [5.41, 5.74) is 1.76. The van der Waals surface area contributed by atoms with Gasteiger partial charge in [-0.3, -0.25) is 4.79 Å². The van der Waals surface area contributed by atoms with E-state index in [4.69, 9.17) is 4.74 Å². The zero-order valence-electron chi connectivity index (χ0n) is 9.75. The Morgan fingerprint density at radius 1 is 1.50 bits per heavy atom. The minimum absolute atomic E-state index is 0.159. The summed E-state index contributed by atoms with van der Waals surface area (Å²) >= 11 is 0. The molecule has 0 radical (unpaired) electrons. The van der Waals surface area contributed by atoms with Gasteiger partial charge >= 0.3 is 0 Å². The average Bonchev–Trinajstić information content (AvgIpc) is 3.09. The lowest BCUT2D eigenvalue weighted by atomic mass is 10.0. The zero-order valence-corrected chi connectivity index (χ0v) is 9.75. The topological polar surface area (TPSA) is 38.3 Å². The molecule has 0 spiro atoms. The predicted octanol–water partition coefficient (Wildman–Crippen LogP) is 1.94. The number of carbonyl (C=O) groups is 1. The smallest absolute Gasteiger partial charge is 0.176 e. The molecule has 86 valence electrons. The van der Waals surface area contributed by atoms with Gasteiger partial charge in [0, 0.05) is 11.6 Å². The molecule has 1 aromatic carbocycles. The Hall–Kier alpha value is -1.35. The summed E-state index contributed by atoms with van der Waals surface area (Å²) in [7, 11) is 1.63. The Bertz CT molecular complexity index is 397. The lowest BCUT2D eigenvalue weighted by Gasteiger charge is -2.07. The molecule has 16 heavy (non-hydrogen) atoms. The first-order valence-electron chi connectivity index (χ1n) is 5.62. The van der Waals surface area contributed by atoms with E-state index in [1.165, 1.54) is 12.8 Å². The van der Waals surface area contributed by atoms with Gasteiger partial charge in [-0.15, -0.1) is 0 Å². The van der Waals surface area contributed by atoms with Crippen LogP contribution in [0.2, 0.25) is 0 Å². The largest absolute Gasteiger partial charge is 0.497 e. The summed E-state index contributed by atoms with van der Waals surface area (Å²) < 4.78 is 5.11. The van der Waals surface area contributed by atoms with Gasteiger partial charge < -0.3 is 10.1 Å². The van der Waals surface area contributed by atoms with Gasteiger partial charge in [0.25, 0.3) is 0 Å². The summed E-state index contributed by atoms with van der Waals surface area (Å²) in [5.74, 6) is 0.955. The van der Waals surface area contributed by atoms with Crippen LogP contribution in [0.25, 0.3) is 0 Å². The molecular formula is C13H17NO2. The summed E-state index contributed by atoms with van der Waals surface area (Å²) in [4.78, 5) is 11.9. The van der Waals surface area contributed by atoms with Crippen LogP contribution in [-0.2, 0) is 0 Å². The van der Waals surface area contributed by atoms with Gasteiger partial charge in [-0.1, -0.05) is 0 Å². The zero-order chi connectivity index (χ0) is 11.5. The van der Waals surface area contributed by atoms with E-state index in [1.54, 1.807) is 7.11 Å². The molecule has 0 saturated heterocycles. The first kappa shape index (κ1) is 11.1. The monoisotopic (exact) mass is 219 g/mol. The molecule has 1 N–H and O–H groups in total. The molecule has 0 heterocycles. The van der Waals surface area contributed by atoms with Gasteiger partial charge in [-0.25, -0.2) is 0 Å². The van der Waals surface area contributed by atoms with Crippen LogP contribution in [0.4, 0.5) is 0 Å². The highest BCUT2D eigenvalue weighted by Gasteiger charge is 2.21. The Kier molecular flexibility index (Phi) is 3.25. The van der Waals surface area contributed by atoms with Crippen molar-refractivity contribution in [2.75, 3.05) is 13.7 Å². The van der Waals surface area contributed by atoms with E-state index in [1.807, 2.05) is 25.1 Å². The lowest BCUT2D eigenvalue weighted by molar-refractivity contribution is 0.0990. The molecular weight excluding hydrogens is 202 g/mol. The van der Waals surface area contributed by atoms with Crippen molar-refractivity contribution in [1.29, 1.82) is 0 Å². The number of carbonyl (C=O) groups excluding carboxylic acids is 1. The van der Waals surface area contributed by atoms with Crippen LogP contribution in [0.5, 0.6) is 5.75 Å². The van der Waals surface area contributed by atoms with Crippen molar-refractivity contribution < 1.29 is 9.53 Å². The highest BCUT2D eigenvalue weighted by molar-refractivity contribution is 5.99. The normalized spacial score (nSPS) is 14.9. The molecule has 0 unspecified atom stereocenters. The van der Waals surface area contributed by atoms with Crippen molar-refractivity contribution in [3.05, 3.63) is 29.3 Å². The lowest BCUT2D eigenvalue weighted by Crippen LogP contribution is -2.25. The molecule has 0 aromatic heterocycles. The fraction of sp³-hybridized carbons (Fsp3) is 0.462. The molecule has 1 aromatic rings. The number of hydrogen-bond acceptors (Lipinski definition) is 3. The summed E-state index contributed by atoms with van der Waals surface area (Å²) in [6.07, 6.45) is 2.41. The quantitative estimate of drug-likeness (QED) is 0.769. The minimum atomic E-state index is 0.159. The second-order valence-corrected chi connectivity index (χ2v) is 4.26. The molecule has 0 aliphatic heterocycles. The van der Waals surface area contributed by atoms with Crippen LogP contribution in [0.3, 0.4) is 0 Å². The van der Waals surface area contributed by atoms with E-state index < -0.39 is 0 Å². The number of methoxy groups -OCH3 is 1. The number of hydrogen-bond donors (Lipinski definition) is 1. The van der Waals surface area contributed by atoms with Gasteiger partial charge in [0.05, 0.1) is 13.7 Å². The van der Waals surface area contributed by atoms with Crippen LogP contribution >= 0.6 is 0 Å². The standard InChI is InChI=1S/C13H17NO2/c1-9-7-11(16-2)5-6-12(9)13(15)8-14-10-3-4-10/h5-7,10,14H,3-4,8H2,1-2H3. The van der Waals surface area contributed by atoms with Gasteiger partial charge in [0.15, 0.2) is 5.78 Å². The number of nitrogens with one attached hydrogen (secondary N) is 1.